The molecule has 18 heavy (non-hydrogen) atoms. The van der Waals surface area contributed by atoms with Gasteiger partial charge in [-0.15, -0.1) is 0 Å². The van der Waals surface area contributed by atoms with Gasteiger partial charge in [-0.1, -0.05) is 47.3 Å². The first kappa shape index (κ1) is 16.1. The van der Waals surface area contributed by atoms with Crippen molar-refractivity contribution in [2.75, 3.05) is 6.61 Å². The molecule has 7 heteroatoms. The third-order valence-electron chi connectivity index (χ3n) is 2.23. The molecule has 0 aliphatic carbocycles. The number of ether oxygens (including phenoxy) is 1. The Balaban J connectivity index is 3.02. The van der Waals surface area contributed by atoms with E-state index in [-0.39, 0.29) is 15.7 Å². The molecule has 0 amide bonds. The molecule has 1 rings (SSSR count). The van der Waals surface area contributed by atoms with E-state index in [1.807, 2.05) is 0 Å². The lowest BCUT2D eigenvalue weighted by atomic mass is 10.3. The molecule has 0 atom stereocenters. The normalized spacial score (nSPS) is 11.6. The van der Waals surface area contributed by atoms with Gasteiger partial charge in [0.1, 0.15) is 4.90 Å². The number of halogens is 3. The van der Waals surface area contributed by atoms with Crippen molar-refractivity contribution in [3.8, 4) is 5.75 Å². The Hall–Kier alpha value is 0.0300. The first-order valence-electron chi connectivity index (χ1n) is 5.42. The summed E-state index contributed by atoms with van der Waals surface area (Å²) in [7, 11) is 1.47. The molecule has 1 aromatic rings. The van der Waals surface area contributed by atoms with E-state index in [9.17, 15) is 8.42 Å². The van der Waals surface area contributed by atoms with Gasteiger partial charge in [-0.05, 0) is 18.6 Å². The highest BCUT2D eigenvalue weighted by atomic mass is 79.9. The molecule has 0 aliphatic heterocycles. The number of benzene rings is 1. The van der Waals surface area contributed by atoms with Crippen LogP contribution in [-0.4, -0.2) is 15.0 Å². The van der Waals surface area contributed by atoms with Crippen LogP contribution in [0.15, 0.2) is 21.5 Å². The summed E-state index contributed by atoms with van der Waals surface area (Å²) >= 11 is 9.15. The van der Waals surface area contributed by atoms with Crippen molar-refractivity contribution >= 4 is 47.3 Å². The third kappa shape index (κ3) is 4.61. The zero-order chi connectivity index (χ0) is 13.8. The van der Waals surface area contributed by atoms with E-state index in [0.29, 0.717) is 11.1 Å². The fourth-order valence-electron chi connectivity index (χ4n) is 1.38. The maximum absolute atomic E-state index is 11.5. The van der Waals surface area contributed by atoms with Gasteiger partial charge < -0.3 is 4.74 Å². The summed E-state index contributed by atoms with van der Waals surface area (Å²) in [4.78, 5) is -0.111. The lowest BCUT2D eigenvalue weighted by molar-refractivity contribution is 0.299. The number of unbranched alkanes of at least 4 members (excludes halogenated alkanes) is 2. The van der Waals surface area contributed by atoms with Crippen LogP contribution in [-0.2, 0) is 9.05 Å². The largest absolute Gasteiger partial charge is 0.491 e. The van der Waals surface area contributed by atoms with Crippen molar-refractivity contribution in [1.82, 2.24) is 0 Å². The highest BCUT2D eigenvalue weighted by Crippen LogP contribution is 2.37. The Morgan fingerprint density at radius 3 is 2.56 bits per heavy atom. The average molecular weight is 376 g/mol. The van der Waals surface area contributed by atoms with Gasteiger partial charge in [0, 0.05) is 15.2 Å². The number of rotatable bonds is 6. The Kier molecular flexibility index (Phi) is 6.24. The predicted molar refractivity (Wildman–Crippen MR) is 77.2 cm³/mol. The highest BCUT2D eigenvalue weighted by Gasteiger charge is 2.20. The lowest BCUT2D eigenvalue weighted by Crippen LogP contribution is -2.03. The second-order valence-corrected chi connectivity index (χ2v) is 7.57. The Morgan fingerprint density at radius 2 is 2.00 bits per heavy atom. The van der Waals surface area contributed by atoms with Crippen LogP contribution in [0.4, 0.5) is 0 Å². The molecular formula is C11H13BrCl2O3S. The van der Waals surface area contributed by atoms with Gasteiger partial charge >= 0.3 is 0 Å². The van der Waals surface area contributed by atoms with Crippen LogP contribution in [0.25, 0.3) is 0 Å². The van der Waals surface area contributed by atoms with E-state index in [1.54, 1.807) is 6.07 Å². The van der Waals surface area contributed by atoms with Gasteiger partial charge in [0.05, 0.1) is 11.6 Å². The van der Waals surface area contributed by atoms with Crippen LogP contribution in [0.3, 0.4) is 0 Å². The minimum atomic E-state index is -3.89. The van der Waals surface area contributed by atoms with Crippen molar-refractivity contribution in [3.05, 3.63) is 21.6 Å². The van der Waals surface area contributed by atoms with E-state index >= 15 is 0 Å². The Labute approximate surface area is 125 Å². The van der Waals surface area contributed by atoms with E-state index in [1.165, 1.54) is 6.07 Å². The number of hydrogen-bond donors (Lipinski definition) is 0. The fraction of sp³-hybridized carbons (Fsp3) is 0.455. The minimum Gasteiger partial charge on any atom is -0.491 e. The van der Waals surface area contributed by atoms with Crippen molar-refractivity contribution in [2.45, 2.75) is 31.1 Å². The lowest BCUT2D eigenvalue weighted by Gasteiger charge is -2.11. The Morgan fingerprint density at radius 1 is 1.33 bits per heavy atom. The maximum atomic E-state index is 11.5. The summed E-state index contributed by atoms with van der Waals surface area (Å²) < 4.78 is 28.9. The third-order valence-corrected chi connectivity index (χ3v) is 4.30. The molecular weight excluding hydrogens is 363 g/mol. The highest BCUT2D eigenvalue weighted by molar-refractivity contribution is 9.10. The zero-order valence-corrected chi connectivity index (χ0v) is 13.7. The van der Waals surface area contributed by atoms with Gasteiger partial charge in [0.2, 0.25) is 0 Å². The van der Waals surface area contributed by atoms with Crippen LogP contribution >= 0.6 is 38.2 Å². The maximum Gasteiger partial charge on any atom is 0.265 e. The molecule has 0 saturated heterocycles. The number of hydrogen-bond acceptors (Lipinski definition) is 3. The van der Waals surface area contributed by atoms with E-state index in [4.69, 9.17) is 27.0 Å². The molecule has 3 nitrogen and oxygen atoms in total. The van der Waals surface area contributed by atoms with Crippen molar-refractivity contribution < 1.29 is 13.2 Å². The summed E-state index contributed by atoms with van der Waals surface area (Å²) in [5.41, 5.74) is 0. The van der Waals surface area contributed by atoms with Gasteiger partial charge in [0.25, 0.3) is 9.05 Å². The van der Waals surface area contributed by atoms with E-state index in [0.717, 1.165) is 19.3 Å². The van der Waals surface area contributed by atoms with Crippen LogP contribution in [0.1, 0.15) is 26.2 Å². The van der Waals surface area contributed by atoms with E-state index in [2.05, 4.69) is 22.9 Å². The van der Waals surface area contributed by atoms with Crippen molar-refractivity contribution in [3.63, 3.8) is 0 Å². The summed E-state index contributed by atoms with van der Waals surface area (Å²) in [6.45, 7) is 2.48. The zero-order valence-electron chi connectivity index (χ0n) is 9.75. The molecule has 0 heterocycles. The standard InChI is InChI=1S/C11H13BrCl2O3S/c1-2-3-4-5-17-11-9(13)6-8(12)7-10(11)18(14,15)16/h6-7H,2-5H2,1H3. The first-order valence-corrected chi connectivity index (χ1v) is 8.90. The molecule has 0 aromatic heterocycles. The average Bonchev–Trinajstić information content (AvgIpc) is 2.24. The molecule has 0 aliphatic rings. The van der Waals surface area contributed by atoms with Crippen LogP contribution in [0, 0.1) is 0 Å². The SMILES string of the molecule is CCCCCOc1c(Cl)cc(Br)cc1S(=O)(=O)Cl. The smallest absolute Gasteiger partial charge is 0.265 e. The monoisotopic (exact) mass is 374 g/mol. The molecule has 0 bridgehead atoms. The van der Waals surface area contributed by atoms with Gasteiger partial charge in [-0.3, -0.25) is 0 Å². The molecule has 1 aromatic carbocycles. The van der Waals surface area contributed by atoms with Crippen LogP contribution in [0.5, 0.6) is 5.75 Å². The molecule has 0 fully saturated rings. The van der Waals surface area contributed by atoms with Crippen LogP contribution < -0.4 is 4.74 Å². The van der Waals surface area contributed by atoms with Gasteiger partial charge in [-0.25, -0.2) is 8.42 Å². The molecule has 0 spiro atoms. The molecule has 0 N–H and O–H groups in total. The van der Waals surface area contributed by atoms with E-state index < -0.39 is 9.05 Å². The predicted octanol–water partition coefficient (Wildman–Crippen LogP) is 4.60. The summed E-state index contributed by atoms with van der Waals surface area (Å²) in [6.07, 6.45) is 2.90. The Bertz CT molecular complexity index is 517. The van der Waals surface area contributed by atoms with Gasteiger partial charge in [0.15, 0.2) is 5.75 Å². The topological polar surface area (TPSA) is 43.4 Å². The first-order chi connectivity index (χ1) is 8.36. The molecule has 102 valence electrons. The molecule has 0 unspecified atom stereocenters. The van der Waals surface area contributed by atoms with Crippen molar-refractivity contribution in [2.24, 2.45) is 0 Å². The summed E-state index contributed by atoms with van der Waals surface area (Å²) in [5, 5.41) is 0.222. The summed E-state index contributed by atoms with van der Waals surface area (Å²) in [5.74, 6) is 0.117. The van der Waals surface area contributed by atoms with Crippen LogP contribution in [0.2, 0.25) is 5.02 Å². The second kappa shape index (κ2) is 6.98. The molecule has 0 radical (unpaired) electrons. The summed E-state index contributed by atoms with van der Waals surface area (Å²) in [6, 6.07) is 2.95. The fourth-order valence-corrected chi connectivity index (χ4v) is 3.46. The molecule has 0 saturated carbocycles. The van der Waals surface area contributed by atoms with Crippen molar-refractivity contribution in [1.29, 1.82) is 0 Å². The minimum absolute atomic E-state index is 0.111. The van der Waals surface area contributed by atoms with Gasteiger partial charge in [-0.2, -0.15) is 0 Å². The quantitative estimate of drug-likeness (QED) is 0.539. The second-order valence-electron chi connectivity index (χ2n) is 3.71.